The molecule has 0 N–H and O–H groups in total. The summed E-state index contributed by atoms with van der Waals surface area (Å²) in [7, 11) is 0. The van der Waals surface area contributed by atoms with Crippen LogP contribution in [-0.4, -0.2) is 0 Å². The van der Waals surface area contributed by atoms with Crippen LogP contribution in [0.2, 0.25) is 0 Å². The number of hydrogen-bond donors (Lipinski definition) is 0. The molecule has 16 rings (SSSR count). The molecule has 0 aliphatic carbocycles. The van der Waals surface area contributed by atoms with Crippen LogP contribution in [0.5, 0.6) is 0 Å². The minimum Gasteiger partial charge on any atom is -0.0622 e. The number of benzene rings is 16. The van der Waals surface area contributed by atoms with Crippen molar-refractivity contribution in [2.24, 2.45) is 0 Å². The Morgan fingerprint density at radius 2 is 0.135 bits per heavy atom. The summed E-state index contributed by atoms with van der Waals surface area (Å²) in [4.78, 5) is 0. The Balaban J connectivity index is 0.635. The van der Waals surface area contributed by atoms with E-state index in [4.69, 9.17) is 0 Å². The van der Waals surface area contributed by atoms with Crippen LogP contribution in [-0.2, 0) is 0 Å². The molecular weight excluding hydrogens is 1150 g/mol. The van der Waals surface area contributed by atoms with Crippen molar-refractivity contribution in [3.63, 3.8) is 0 Å². The van der Waals surface area contributed by atoms with Crippen molar-refractivity contribution in [3.05, 3.63) is 400 Å². The molecule has 0 saturated carbocycles. The molecule has 0 heteroatoms. The standard InChI is InChI=1S/C96H66/c1-4-10-67(11-5-1)70-16-22-73(23-17-70)76-28-34-79(35-29-76)82-40-46-85(47-41-82)88-52-58-91(59-53-88)94-64-95(92-60-54-89(55-61-92)86-48-42-83(43-49-86)80-36-30-77(31-37-80)74-24-18-71(19-25-74)68-12-6-2-7-13-68)66-96(65-94)93-62-56-90(57-63-93)87-50-44-84(45-51-87)81-38-32-78(33-39-81)75-26-20-72(21-27-75)69-14-8-3-9-15-69/h1-66H. The van der Waals surface area contributed by atoms with Crippen LogP contribution in [0.4, 0.5) is 0 Å². The highest BCUT2D eigenvalue weighted by Crippen LogP contribution is 2.39. The fraction of sp³-hybridized carbons (Fsp3) is 0. The molecule has 0 aliphatic heterocycles. The molecule has 0 atom stereocenters. The lowest BCUT2D eigenvalue weighted by atomic mass is 9.91. The van der Waals surface area contributed by atoms with Crippen molar-refractivity contribution in [1.29, 1.82) is 0 Å². The van der Waals surface area contributed by atoms with Gasteiger partial charge in [-0.25, -0.2) is 0 Å². The Morgan fingerprint density at radius 1 is 0.0625 bits per heavy atom. The van der Waals surface area contributed by atoms with Crippen LogP contribution in [0.25, 0.3) is 167 Å². The molecule has 450 valence electrons. The third-order valence-electron chi connectivity index (χ3n) is 18.9. The highest BCUT2D eigenvalue weighted by atomic mass is 14.2. The molecule has 96 heavy (non-hydrogen) atoms. The first-order chi connectivity index (χ1) is 47.5. The zero-order valence-electron chi connectivity index (χ0n) is 53.1. The first-order valence-corrected chi connectivity index (χ1v) is 33.1. The smallest absolute Gasteiger partial charge is 0.0172 e. The zero-order valence-corrected chi connectivity index (χ0v) is 53.1. The van der Waals surface area contributed by atoms with Gasteiger partial charge >= 0.3 is 0 Å². The second kappa shape index (κ2) is 26.6. The molecule has 0 bridgehead atoms. The van der Waals surface area contributed by atoms with E-state index in [-0.39, 0.29) is 0 Å². The predicted octanol–water partition coefficient (Wildman–Crippen LogP) is 26.7. The maximum absolute atomic E-state index is 2.35. The van der Waals surface area contributed by atoms with Gasteiger partial charge in [0.05, 0.1) is 0 Å². The van der Waals surface area contributed by atoms with Gasteiger partial charge < -0.3 is 0 Å². The lowest BCUT2D eigenvalue weighted by Crippen LogP contribution is -1.88. The quantitative estimate of drug-likeness (QED) is 0.0960. The lowest BCUT2D eigenvalue weighted by Gasteiger charge is -2.13. The highest BCUT2D eigenvalue weighted by Gasteiger charge is 2.13. The Morgan fingerprint density at radius 3 is 0.229 bits per heavy atom. The van der Waals surface area contributed by atoms with Crippen LogP contribution in [0.15, 0.2) is 400 Å². The van der Waals surface area contributed by atoms with Gasteiger partial charge in [-0.2, -0.15) is 0 Å². The summed E-state index contributed by atoms with van der Waals surface area (Å²) in [6, 6.07) is 146. The fourth-order valence-corrected chi connectivity index (χ4v) is 13.3. The van der Waals surface area contributed by atoms with Gasteiger partial charge in [0.1, 0.15) is 0 Å². The second-order valence-electron chi connectivity index (χ2n) is 24.8. The van der Waals surface area contributed by atoms with Crippen molar-refractivity contribution in [2.75, 3.05) is 0 Å². The van der Waals surface area contributed by atoms with E-state index in [0.717, 1.165) is 0 Å². The summed E-state index contributed by atoms with van der Waals surface area (Å²) in [5.41, 5.74) is 35.9. The summed E-state index contributed by atoms with van der Waals surface area (Å²) >= 11 is 0. The van der Waals surface area contributed by atoms with Crippen molar-refractivity contribution < 1.29 is 0 Å². The average molecular weight is 1220 g/mol. The molecule has 0 fully saturated rings. The van der Waals surface area contributed by atoms with Gasteiger partial charge in [0.25, 0.3) is 0 Å². The SMILES string of the molecule is c1ccc(-c2ccc(-c3ccc(-c4ccc(-c5ccc(-c6cc(-c7ccc(-c8ccc(-c9ccc(-c%10ccc(-c%11ccccc%11)cc%10)cc9)cc8)cc7)cc(-c7ccc(-c8ccc(-c9ccc(-c%10ccc(-c%11ccccc%11)cc%10)cc9)cc8)cc7)c6)cc5)cc4)cc3)cc2)cc1. The molecule has 0 spiro atoms. The van der Waals surface area contributed by atoms with E-state index < -0.39 is 0 Å². The van der Waals surface area contributed by atoms with Crippen LogP contribution < -0.4 is 0 Å². The molecule has 0 saturated heterocycles. The van der Waals surface area contributed by atoms with Crippen LogP contribution in [0.3, 0.4) is 0 Å². The molecular formula is C96H66. The van der Waals surface area contributed by atoms with Gasteiger partial charge in [0.2, 0.25) is 0 Å². The van der Waals surface area contributed by atoms with Crippen LogP contribution in [0, 0.1) is 0 Å². The van der Waals surface area contributed by atoms with E-state index >= 15 is 0 Å². The fourth-order valence-electron chi connectivity index (χ4n) is 13.3. The van der Waals surface area contributed by atoms with Gasteiger partial charge in [-0.15, -0.1) is 0 Å². The van der Waals surface area contributed by atoms with Gasteiger partial charge in [-0.3, -0.25) is 0 Å². The lowest BCUT2D eigenvalue weighted by molar-refractivity contribution is 1.54. The zero-order chi connectivity index (χ0) is 64.0. The minimum atomic E-state index is 1.17. The topological polar surface area (TPSA) is 0 Å². The van der Waals surface area contributed by atoms with Gasteiger partial charge in [-0.05, 0) is 185 Å². The first-order valence-electron chi connectivity index (χ1n) is 33.1. The van der Waals surface area contributed by atoms with Crippen LogP contribution in [0.1, 0.15) is 0 Å². The third-order valence-corrected chi connectivity index (χ3v) is 18.9. The molecule has 0 radical (unpaired) electrons. The van der Waals surface area contributed by atoms with Crippen molar-refractivity contribution in [1.82, 2.24) is 0 Å². The van der Waals surface area contributed by atoms with E-state index in [1.165, 1.54) is 167 Å². The van der Waals surface area contributed by atoms with E-state index in [2.05, 4.69) is 400 Å². The molecule has 0 heterocycles. The second-order valence-corrected chi connectivity index (χ2v) is 24.8. The summed E-state index contributed by atoms with van der Waals surface area (Å²) in [5, 5.41) is 0. The molecule has 0 nitrogen and oxygen atoms in total. The molecule has 0 aliphatic rings. The summed E-state index contributed by atoms with van der Waals surface area (Å²) < 4.78 is 0. The van der Waals surface area contributed by atoms with E-state index in [9.17, 15) is 0 Å². The average Bonchev–Trinajstić information content (AvgIpc) is 1.54. The van der Waals surface area contributed by atoms with E-state index in [0.29, 0.717) is 0 Å². The largest absolute Gasteiger partial charge is 0.0622 e. The number of hydrogen-bond acceptors (Lipinski definition) is 0. The van der Waals surface area contributed by atoms with Gasteiger partial charge in [-0.1, -0.05) is 382 Å². The Kier molecular flexibility index (Phi) is 16.2. The Hall–Kier alpha value is -12.5. The van der Waals surface area contributed by atoms with Crippen molar-refractivity contribution in [3.8, 4) is 167 Å². The first kappa shape index (κ1) is 58.6. The summed E-state index contributed by atoms with van der Waals surface area (Å²) in [5.74, 6) is 0. The summed E-state index contributed by atoms with van der Waals surface area (Å²) in [6.45, 7) is 0. The predicted molar refractivity (Wildman–Crippen MR) is 408 cm³/mol. The van der Waals surface area contributed by atoms with E-state index in [1.807, 2.05) is 0 Å². The minimum absolute atomic E-state index is 1.17. The van der Waals surface area contributed by atoms with Crippen LogP contribution >= 0.6 is 0 Å². The molecule has 16 aromatic carbocycles. The van der Waals surface area contributed by atoms with Gasteiger partial charge in [0.15, 0.2) is 0 Å². The molecule has 16 aromatic rings. The third kappa shape index (κ3) is 12.8. The van der Waals surface area contributed by atoms with E-state index in [1.54, 1.807) is 0 Å². The maximum atomic E-state index is 2.35. The molecule has 0 aromatic heterocycles. The normalized spacial score (nSPS) is 11.1. The highest BCUT2D eigenvalue weighted by molar-refractivity contribution is 5.86. The number of rotatable bonds is 15. The maximum Gasteiger partial charge on any atom is -0.0172 e. The Bertz CT molecular complexity index is 4700. The van der Waals surface area contributed by atoms with Crippen molar-refractivity contribution >= 4 is 0 Å². The van der Waals surface area contributed by atoms with Gasteiger partial charge in [0, 0.05) is 0 Å². The molecule has 0 amide bonds. The van der Waals surface area contributed by atoms with Crippen molar-refractivity contribution in [2.45, 2.75) is 0 Å². The molecule has 0 unspecified atom stereocenters. The summed E-state index contributed by atoms with van der Waals surface area (Å²) in [6.07, 6.45) is 0. The monoisotopic (exact) mass is 1220 g/mol. The Labute approximate surface area is 563 Å².